The highest BCUT2D eigenvalue weighted by Gasteiger charge is 2.27. The first kappa shape index (κ1) is 16.5. The number of aryl methyl sites for hydroxylation is 1. The Labute approximate surface area is 135 Å². The predicted molar refractivity (Wildman–Crippen MR) is 83.5 cm³/mol. The van der Waals surface area contributed by atoms with Crippen LogP contribution in [0.4, 0.5) is 8.78 Å². The lowest BCUT2D eigenvalue weighted by Gasteiger charge is -2.19. The Kier molecular flexibility index (Phi) is 5.78. The normalized spacial score (nSPS) is 12.6. The van der Waals surface area contributed by atoms with Gasteiger partial charge in [0, 0.05) is 5.56 Å². The van der Waals surface area contributed by atoms with Crippen LogP contribution in [-0.4, -0.2) is 16.1 Å². The summed E-state index contributed by atoms with van der Waals surface area (Å²) in [5.74, 6) is -1.16. The Morgan fingerprint density at radius 2 is 2.10 bits per heavy atom. The molecule has 21 heavy (non-hydrogen) atoms. The van der Waals surface area contributed by atoms with E-state index in [2.05, 4.69) is 30.8 Å². The molecule has 7 heteroatoms. The molecule has 2 aromatic rings. The predicted octanol–water partition coefficient (Wildman–Crippen LogP) is 4.23. The molecule has 1 heterocycles. The van der Waals surface area contributed by atoms with E-state index >= 15 is 0 Å². The summed E-state index contributed by atoms with van der Waals surface area (Å²) in [6.45, 7) is 4.51. The molecule has 0 saturated heterocycles. The van der Waals surface area contributed by atoms with Gasteiger partial charge in [-0.25, -0.2) is 8.78 Å². The van der Waals surface area contributed by atoms with Gasteiger partial charge < -0.3 is 5.32 Å². The summed E-state index contributed by atoms with van der Waals surface area (Å²) < 4.78 is 32.8. The van der Waals surface area contributed by atoms with Gasteiger partial charge in [0.05, 0.1) is 21.1 Å². The van der Waals surface area contributed by atoms with Crippen LogP contribution in [0.25, 0.3) is 0 Å². The van der Waals surface area contributed by atoms with E-state index in [9.17, 15) is 8.78 Å². The fraction of sp³-hybridized carbons (Fsp3) is 0.429. The smallest absolute Gasteiger partial charge is 0.145 e. The van der Waals surface area contributed by atoms with Crippen LogP contribution in [-0.2, 0) is 6.42 Å². The van der Waals surface area contributed by atoms with Crippen LogP contribution >= 0.6 is 27.5 Å². The molecular weight excluding hydrogens is 360 g/mol. The summed E-state index contributed by atoms with van der Waals surface area (Å²) in [6, 6.07) is 2.06. The minimum atomic E-state index is -0.586. The van der Waals surface area contributed by atoms with Crippen molar-refractivity contribution in [2.75, 3.05) is 6.54 Å². The maximum atomic E-state index is 14.4. The molecule has 0 radical (unpaired) electrons. The third-order valence-electron chi connectivity index (χ3n) is 3.11. The van der Waals surface area contributed by atoms with Gasteiger partial charge in [-0.1, -0.05) is 24.8 Å². The van der Waals surface area contributed by atoms with Crippen LogP contribution in [0.1, 0.15) is 42.4 Å². The van der Waals surface area contributed by atoms with Gasteiger partial charge in [-0.3, -0.25) is 0 Å². The molecule has 1 N–H and O–H groups in total. The second kappa shape index (κ2) is 7.38. The second-order valence-corrected chi connectivity index (χ2v) is 6.22. The van der Waals surface area contributed by atoms with Crippen LogP contribution < -0.4 is 5.32 Å². The lowest BCUT2D eigenvalue weighted by atomic mass is 10.0. The summed E-state index contributed by atoms with van der Waals surface area (Å²) in [7, 11) is 0. The van der Waals surface area contributed by atoms with Crippen molar-refractivity contribution in [1.82, 2.24) is 14.9 Å². The van der Waals surface area contributed by atoms with Crippen molar-refractivity contribution < 1.29 is 8.78 Å². The Morgan fingerprint density at radius 3 is 2.76 bits per heavy atom. The van der Waals surface area contributed by atoms with Crippen molar-refractivity contribution in [3.8, 4) is 0 Å². The highest BCUT2D eigenvalue weighted by molar-refractivity contribution is 9.10. The van der Waals surface area contributed by atoms with Gasteiger partial charge in [0.2, 0.25) is 0 Å². The number of hydrogen-bond acceptors (Lipinski definition) is 4. The fourth-order valence-corrected chi connectivity index (χ4v) is 3.31. The lowest BCUT2D eigenvalue weighted by Crippen LogP contribution is -2.24. The molecule has 0 aliphatic carbocycles. The number of nitrogens with zero attached hydrogens (tertiary/aromatic N) is 2. The third-order valence-corrected chi connectivity index (χ3v) is 4.55. The molecule has 0 fully saturated rings. The molecule has 114 valence electrons. The molecule has 0 amide bonds. The van der Waals surface area contributed by atoms with Crippen molar-refractivity contribution in [2.24, 2.45) is 0 Å². The number of benzene rings is 1. The van der Waals surface area contributed by atoms with E-state index in [1.54, 1.807) is 0 Å². The van der Waals surface area contributed by atoms with E-state index in [0.29, 0.717) is 6.54 Å². The third kappa shape index (κ3) is 3.46. The number of halogens is 3. The number of nitrogens with one attached hydrogen (secondary N) is 1. The van der Waals surface area contributed by atoms with Gasteiger partial charge in [0.15, 0.2) is 0 Å². The summed E-state index contributed by atoms with van der Waals surface area (Å²) in [5, 5.41) is 7.23. The van der Waals surface area contributed by atoms with Gasteiger partial charge in [-0.2, -0.15) is 0 Å². The first-order valence-electron chi connectivity index (χ1n) is 6.78. The monoisotopic (exact) mass is 375 g/mol. The van der Waals surface area contributed by atoms with E-state index < -0.39 is 17.7 Å². The Morgan fingerprint density at radius 1 is 1.33 bits per heavy atom. The van der Waals surface area contributed by atoms with Crippen LogP contribution in [0.15, 0.2) is 16.6 Å². The van der Waals surface area contributed by atoms with E-state index in [1.807, 2.05) is 13.8 Å². The molecule has 0 aliphatic heterocycles. The summed E-state index contributed by atoms with van der Waals surface area (Å²) in [5.41, 5.74) is 0.807. The maximum Gasteiger partial charge on any atom is 0.145 e. The van der Waals surface area contributed by atoms with Gasteiger partial charge in [0.25, 0.3) is 0 Å². The molecule has 2 rings (SSSR count). The van der Waals surface area contributed by atoms with E-state index in [-0.39, 0.29) is 10.0 Å². The maximum absolute atomic E-state index is 14.4. The fourth-order valence-electron chi connectivity index (χ4n) is 2.18. The van der Waals surface area contributed by atoms with Crippen LogP contribution in [0.2, 0.25) is 0 Å². The minimum Gasteiger partial charge on any atom is -0.306 e. The van der Waals surface area contributed by atoms with Gasteiger partial charge in [0.1, 0.15) is 11.6 Å². The van der Waals surface area contributed by atoms with E-state index in [4.69, 9.17) is 0 Å². The van der Waals surface area contributed by atoms with Crippen LogP contribution in [0, 0.1) is 11.6 Å². The van der Waals surface area contributed by atoms with Crippen LogP contribution in [0.3, 0.4) is 0 Å². The molecule has 1 aromatic carbocycles. The molecule has 0 spiro atoms. The van der Waals surface area contributed by atoms with Crippen molar-refractivity contribution >= 4 is 27.5 Å². The molecule has 1 aromatic heterocycles. The van der Waals surface area contributed by atoms with Gasteiger partial charge in [-0.15, -0.1) is 5.10 Å². The Balaban J connectivity index is 2.54. The quantitative estimate of drug-likeness (QED) is 0.767. The summed E-state index contributed by atoms with van der Waals surface area (Å²) in [4.78, 5) is 0.773. The summed E-state index contributed by atoms with van der Waals surface area (Å²) in [6.07, 6.45) is 1.64. The van der Waals surface area contributed by atoms with E-state index in [0.717, 1.165) is 23.4 Å². The summed E-state index contributed by atoms with van der Waals surface area (Å²) >= 11 is 4.30. The highest BCUT2D eigenvalue weighted by Crippen LogP contribution is 2.33. The number of aromatic nitrogens is 2. The van der Waals surface area contributed by atoms with Gasteiger partial charge >= 0.3 is 0 Å². The highest BCUT2D eigenvalue weighted by atomic mass is 79.9. The van der Waals surface area contributed by atoms with Crippen molar-refractivity contribution in [1.29, 1.82) is 0 Å². The van der Waals surface area contributed by atoms with Gasteiger partial charge in [-0.05, 0) is 52.6 Å². The van der Waals surface area contributed by atoms with Crippen molar-refractivity contribution in [2.45, 2.75) is 32.7 Å². The zero-order valence-electron chi connectivity index (χ0n) is 11.8. The average Bonchev–Trinajstić information content (AvgIpc) is 2.91. The second-order valence-electron chi connectivity index (χ2n) is 4.58. The van der Waals surface area contributed by atoms with Crippen molar-refractivity contribution in [3.05, 3.63) is 44.4 Å². The Bertz CT molecular complexity index is 618. The number of rotatable bonds is 6. The first-order valence-corrected chi connectivity index (χ1v) is 8.34. The molecule has 0 aliphatic rings. The first-order chi connectivity index (χ1) is 10.1. The Hall–Kier alpha value is -0.920. The molecule has 1 atom stereocenters. The SMILES string of the molecule is CCCc1nnsc1C(NCC)c1c(F)ccc(Br)c1F. The van der Waals surface area contributed by atoms with Crippen LogP contribution in [0.5, 0.6) is 0 Å². The molecule has 1 unspecified atom stereocenters. The zero-order valence-corrected chi connectivity index (χ0v) is 14.2. The van der Waals surface area contributed by atoms with Crippen molar-refractivity contribution in [3.63, 3.8) is 0 Å². The van der Waals surface area contributed by atoms with E-state index in [1.165, 1.54) is 23.7 Å². The average molecular weight is 376 g/mol. The number of hydrogen-bond donors (Lipinski definition) is 1. The molecular formula is C14H16BrF2N3S. The largest absolute Gasteiger partial charge is 0.306 e. The molecule has 0 saturated carbocycles. The minimum absolute atomic E-state index is 0.00891. The lowest BCUT2D eigenvalue weighted by molar-refractivity contribution is 0.508. The standard InChI is InChI=1S/C14H16BrF2N3S/c1-3-5-10-14(21-20-19-10)13(18-4-2)11-9(16)7-6-8(15)12(11)17/h6-7,13,18H,3-5H2,1-2H3. The molecule has 0 bridgehead atoms. The molecule has 3 nitrogen and oxygen atoms in total. The zero-order chi connectivity index (χ0) is 15.4. The topological polar surface area (TPSA) is 37.8 Å².